The van der Waals surface area contributed by atoms with Crippen LogP contribution in [0.5, 0.6) is 5.75 Å². The predicted molar refractivity (Wildman–Crippen MR) is 152 cm³/mol. The van der Waals surface area contributed by atoms with Gasteiger partial charge in [-0.2, -0.15) is 0 Å². The second-order valence-corrected chi connectivity index (χ2v) is 11.4. The van der Waals surface area contributed by atoms with Gasteiger partial charge in [0.05, 0.1) is 28.9 Å². The summed E-state index contributed by atoms with van der Waals surface area (Å²) in [6.07, 6.45) is 0.885. The van der Waals surface area contributed by atoms with Crippen LogP contribution in [0.2, 0.25) is 0 Å². The maximum atomic E-state index is 13.5. The highest BCUT2D eigenvalue weighted by molar-refractivity contribution is 7.22. The Morgan fingerprint density at radius 1 is 1.03 bits per heavy atom. The molecule has 5 rings (SSSR count). The van der Waals surface area contributed by atoms with Gasteiger partial charge in [-0.05, 0) is 64.9 Å². The molecule has 1 amide bonds. The summed E-state index contributed by atoms with van der Waals surface area (Å²) in [5.74, 6) is -1.05. The topological polar surface area (TPSA) is 79.7 Å². The largest absolute Gasteiger partial charge is 0.507 e. The van der Waals surface area contributed by atoms with E-state index in [9.17, 15) is 14.7 Å². The number of Topliss-reactive ketones (excluding diaryl/α,β-unsaturated/α-hetero) is 1. The third-order valence-corrected chi connectivity index (χ3v) is 7.97. The SMILES string of the molecule is CCc1ccc2nc(N3C(=O)C(=O)C(=C(O)c4ccc(OC)cc4)[C@H]3c3ccc(C(C)(C)C)cc3)sc2c1. The first-order valence-corrected chi connectivity index (χ1v) is 13.4. The summed E-state index contributed by atoms with van der Waals surface area (Å²) in [5, 5.41) is 11.8. The highest BCUT2D eigenvalue weighted by Gasteiger charge is 2.48. The number of ketones is 1. The van der Waals surface area contributed by atoms with Crippen molar-refractivity contribution in [2.75, 3.05) is 12.0 Å². The zero-order chi connectivity index (χ0) is 27.2. The molecule has 1 aromatic heterocycles. The summed E-state index contributed by atoms with van der Waals surface area (Å²) in [6, 6.07) is 19.8. The Labute approximate surface area is 226 Å². The quantitative estimate of drug-likeness (QED) is 0.176. The van der Waals surface area contributed by atoms with E-state index >= 15 is 0 Å². The number of carbonyl (C=O) groups excluding carboxylic acids is 2. The first-order chi connectivity index (χ1) is 18.1. The zero-order valence-corrected chi connectivity index (χ0v) is 22.9. The van der Waals surface area contributed by atoms with Gasteiger partial charge < -0.3 is 9.84 Å². The molecule has 0 saturated carbocycles. The fourth-order valence-corrected chi connectivity index (χ4v) is 5.75. The number of methoxy groups -OCH3 is 1. The summed E-state index contributed by atoms with van der Waals surface area (Å²) in [5.41, 5.74) is 4.19. The molecule has 0 unspecified atom stereocenters. The summed E-state index contributed by atoms with van der Waals surface area (Å²) in [7, 11) is 1.56. The molecular weight excluding hydrogens is 496 g/mol. The van der Waals surface area contributed by atoms with Crippen LogP contribution in [0.25, 0.3) is 16.0 Å². The van der Waals surface area contributed by atoms with Crippen molar-refractivity contribution in [2.45, 2.75) is 45.6 Å². The molecule has 1 aliphatic rings. The van der Waals surface area contributed by atoms with E-state index in [0.717, 1.165) is 27.8 Å². The number of aliphatic hydroxyl groups excluding tert-OH is 1. The summed E-state index contributed by atoms with van der Waals surface area (Å²) in [4.78, 5) is 33.2. The van der Waals surface area contributed by atoms with E-state index < -0.39 is 17.7 Å². The number of benzene rings is 3. The van der Waals surface area contributed by atoms with Crippen LogP contribution < -0.4 is 9.64 Å². The van der Waals surface area contributed by atoms with E-state index in [4.69, 9.17) is 9.72 Å². The van der Waals surface area contributed by atoms with E-state index in [1.165, 1.54) is 21.8 Å². The minimum atomic E-state index is -0.822. The van der Waals surface area contributed by atoms with Crippen molar-refractivity contribution in [3.8, 4) is 5.75 Å². The lowest BCUT2D eigenvalue weighted by Gasteiger charge is -2.24. The third kappa shape index (κ3) is 4.47. The summed E-state index contributed by atoms with van der Waals surface area (Å²) < 4.78 is 6.17. The molecule has 1 aliphatic heterocycles. The van der Waals surface area contributed by atoms with Crippen molar-refractivity contribution in [2.24, 2.45) is 0 Å². The number of fused-ring (bicyclic) bond motifs is 1. The Morgan fingerprint density at radius 2 is 1.71 bits per heavy atom. The Bertz CT molecular complexity index is 1560. The number of amides is 1. The molecule has 1 N–H and O–H groups in total. The molecule has 0 bridgehead atoms. The highest BCUT2D eigenvalue weighted by atomic mass is 32.1. The predicted octanol–water partition coefficient (Wildman–Crippen LogP) is 6.79. The molecule has 0 radical (unpaired) electrons. The normalized spacial score (nSPS) is 17.4. The number of anilines is 1. The lowest BCUT2D eigenvalue weighted by atomic mass is 9.85. The molecule has 0 aliphatic carbocycles. The Kier molecular flexibility index (Phi) is 6.57. The number of hydrogen-bond donors (Lipinski definition) is 1. The molecule has 38 heavy (non-hydrogen) atoms. The number of rotatable bonds is 5. The van der Waals surface area contributed by atoms with Crippen LogP contribution in [0, 0.1) is 0 Å². The number of hydrogen-bond acceptors (Lipinski definition) is 6. The first-order valence-electron chi connectivity index (χ1n) is 12.6. The second-order valence-electron chi connectivity index (χ2n) is 10.4. The maximum Gasteiger partial charge on any atom is 0.301 e. The molecule has 6 nitrogen and oxygen atoms in total. The van der Waals surface area contributed by atoms with Crippen molar-refractivity contribution >= 4 is 44.1 Å². The Balaban J connectivity index is 1.69. The summed E-state index contributed by atoms with van der Waals surface area (Å²) >= 11 is 1.37. The van der Waals surface area contributed by atoms with Gasteiger partial charge >= 0.3 is 5.91 Å². The highest BCUT2D eigenvalue weighted by Crippen LogP contribution is 2.44. The Morgan fingerprint density at radius 3 is 2.32 bits per heavy atom. The second kappa shape index (κ2) is 9.72. The van der Waals surface area contributed by atoms with Crippen LogP contribution in [0.15, 0.2) is 72.3 Å². The van der Waals surface area contributed by atoms with Gasteiger partial charge in [-0.3, -0.25) is 14.5 Å². The van der Waals surface area contributed by atoms with Crippen LogP contribution in [-0.4, -0.2) is 28.9 Å². The molecular formula is C31H30N2O4S. The maximum absolute atomic E-state index is 13.5. The van der Waals surface area contributed by atoms with Crippen LogP contribution in [0.4, 0.5) is 5.13 Å². The van der Waals surface area contributed by atoms with Gasteiger partial charge in [0.2, 0.25) is 0 Å². The number of nitrogens with zero attached hydrogens (tertiary/aromatic N) is 2. The number of aryl methyl sites for hydroxylation is 1. The fraction of sp³-hybridized carbons (Fsp3) is 0.258. The Hall–Kier alpha value is -3.97. The van der Waals surface area contributed by atoms with Crippen LogP contribution in [0.1, 0.15) is 56.0 Å². The standard InChI is InChI=1S/C31H30N2O4S/c1-6-18-7-16-23-24(17-18)38-30(32-23)33-26(19-8-12-21(13-9-19)31(2,3)4)25(28(35)29(33)36)27(34)20-10-14-22(37-5)15-11-20/h7-17,26,34H,6H2,1-5H3/t26-/m1/s1. The van der Waals surface area contributed by atoms with E-state index in [-0.39, 0.29) is 16.7 Å². The summed E-state index contributed by atoms with van der Waals surface area (Å²) in [6.45, 7) is 8.47. The zero-order valence-electron chi connectivity index (χ0n) is 22.1. The molecule has 0 spiro atoms. The van der Waals surface area contributed by atoms with Gasteiger partial charge in [-0.25, -0.2) is 4.98 Å². The third-order valence-electron chi connectivity index (χ3n) is 6.96. The van der Waals surface area contributed by atoms with Crippen LogP contribution in [-0.2, 0) is 21.4 Å². The van der Waals surface area contributed by atoms with E-state index in [2.05, 4.69) is 33.8 Å². The average molecular weight is 527 g/mol. The van der Waals surface area contributed by atoms with Crippen molar-refractivity contribution in [3.05, 3.63) is 94.6 Å². The molecule has 1 atom stereocenters. The van der Waals surface area contributed by atoms with Crippen molar-refractivity contribution in [3.63, 3.8) is 0 Å². The van der Waals surface area contributed by atoms with Gasteiger partial charge in [0, 0.05) is 5.56 Å². The number of thiazole rings is 1. The number of ether oxygens (including phenoxy) is 1. The lowest BCUT2D eigenvalue weighted by molar-refractivity contribution is -0.132. The molecule has 3 aromatic carbocycles. The minimum Gasteiger partial charge on any atom is -0.507 e. The number of aromatic nitrogens is 1. The molecule has 7 heteroatoms. The molecule has 194 valence electrons. The number of carbonyl (C=O) groups is 2. The van der Waals surface area contributed by atoms with Crippen LogP contribution >= 0.6 is 11.3 Å². The minimum absolute atomic E-state index is 0.0391. The van der Waals surface area contributed by atoms with Crippen molar-refractivity contribution in [1.82, 2.24) is 4.98 Å². The van der Waals surface area contributed by atoms with Gasteiger partial charge in [-0.15, -0.1) is 0 Å². The van der Waals surface area contributed by atoms with E-state index in [1.807, 2.05) is 36.4 Å². The van der Waals surface area contributed by atoms with Crippen LogP contribution in [0.3, 0.4) is 0 Å². The first kappa shape index (κ1) is 25.7. The smallest absolute Gasteiger partial charge is 0.301 e. The number of aliphatic hydroxyl groups is 1. The molecule has 2 heterocycles. The van der Waals surface area contributed by atoms with Gasteiger partial charge in [-0.1, -0.05) is 69.4 Å². The monoisotopic (exact) mass is 526 g/mol. The fourth-order valence-electron chi connectivity index (χ4n) is 4.69. The molecule has 4 aromatic rings. The molecule has 1 saturated heterocycles. The van der Waals surface area contributed by atoms with Gasteiger partial charge in [0.25, 0.3) is 5.78 Å². The van der Waals surface area contributed by atoms with Gasteiger partial charge in [0.15, 0.2) is 5.13 Å². The lowest BCUT2D eigenvalue weighted by Crippen LogP contribution is -2.29. The van der Waals surface area contributed by atoms with E-state index in [1.54, 1.807) is 31.4 Å². The molecule has 1 fully saturated rings. The van der Waals surface area contributed by atoms with Gasteiger partial charge in [0.1, 0.15) is 11.5 Å². The van der Waals surface area contributed by atoms with Crippen molar-refractivity contribution < 1.29 is 19.4 Å². The average Bonchev–Trinajstić information content (AvgIpc) is 3.45. The van der Waals surface area contributed by atoms with Crippen molar-refractivity contribution in [1.29, 1.82) is 0 Å². The van der Waals surface area contributed by atoms with E-state index in [0.29, 0.717) is 16.4 Å².